The molecule has 134 valence electrons. The Balaban J connectivity index is 2.40. The number of sulfonamides is 1. The summed E-state index contributed by atoms with van der Waals surface area (Å²) in [5.41, 5.74) is -1.24. The van der Waals surface area contributed by atoms with Gasteiger partial charge in [-0.1, -0.05) is 0 Å². The Bertz CT molecular complexity index is 677. The highest BCUT2D eigenvalue weighted by atomic mass is 32.2. The van der Waals surface area contributed by atoms with Gasteiger partial charge in [0, 0.05) is 26.8 Å². The van der Waals surface area contributed by atoms with Crippen molar-refractivity contribution >= 4 is 15.9 Å². The van der Waals surface area contributed by atoms with Crippen molar-refractivity contribution in [3.8, 4) is 5.88 Å². The van der Waals surface area contributed by atoms with Gasteiger partial charge in [-0.15, -0.1) is 0 Å². The van der Waals surface area contributed by atoms with E-state index in [0.29, 0.717) is 25.3 Å². The second kappa shape index (κ2) is 7.45. The van der Waals surface area contributed by atoms with Gasteiger partial charge in [-0.2, -0.15) is 4.31 Å². The van der Waals surface area contributed by atoms with Gasteiger partial charge in [0.2, 0.25) is 21.8 Å². The Morgan fingerprint density at radius 3 is 2.75 bits per heavy atom. The fourth-order valence-electron chi connectivity index (χ4n) is 2.99. The van der Waals surface area contributed by atoms with Crippen LogP contribution in [0.25, 0.3) is 0 Å². The molecule has 1 amide bonds. The lowest BCUT2D eigenvalue weighted by Gasteiger charge is -2.35. The van der Waals surface area contributed by atoms with E-state index in [-0.39, 0.29) is 24.0 Å². The molecule has 1 aliphatic rings. The van der Waals surface area contributed by atoms with Gasteiger partial charge >= 0.3 is 0 Å². The number of pyridine rings is 1. The van der Waals surface area contributed by atoms with Gasteiger partial charge in [0.1, 0.15) is 10.4 Å². The van der Waals surface area contributed by atoms with Crippen molar-refractivity contribution in [1.29, 1.82) is 0 Å². The van der Waals surface area contributed by atoms with E-state index in [4.69, 9.17) is 9.47 Å². The second-order valence-electron chi connectivity index (χ2n) is 5.49. The van der Waals surface area contributed by atoms with Crippen LogP contribution in [0, 0.1) is 0 Å². The number of hydrogen-bond acceptors (Lipinski definition) is 6. The highest BCUT2D eigenvalue weighted by Crippen LogP contribution is 2.35. The summed E-state index contributed by atoms with van der Waals surface area (Å²) in [5, 5.41) is 2.55. The molecular weight excluding hydrogens is 334 g/mol. The van der Waals surface area contributed by atoms with Crippen molar-refractivity contribution in [2.75, 3.05) is 33.9 Å². The summed E-state index contributed by atoms with van der Waals surface area (Å²) in [5.74, 6) is -0.0170. The number of carbonyl (C=O) groups is 1. The Labute approximate surface area is 142 Å². The molecule has 2 rings (SSSR count). The van der Waals surface area contributed by atoms with E-state index in [9.17, 15) is 13.2 Å². The molecular formula is C15H23N3O5S. The number of hydrogen-bond donors (Lipinski definition) is 1. The third kappa shape index (κ3) is 3.24. The zero-order chi connectivity index (χ0) is 17.8. The van der Waals surface area contributed by atoms with Crippen LogP contribution in [0.15, 0.2) is 23.2 Å². The highest BCUT2D eigenvalue weighted by Gasteiger charge is 2.52. The first-order valence-electron chi connectivity index (χ1n) is 7.75. The van der Waals surface area contributed by atoms with Crippen molar-refractivity contribution in [3.05, 3.63) is 18.3 Å². The van der Waals surface area contributed by atoms with Gasteiger partial charge in [-0.05, 0) is 25.8 Å². The van der Waals surface area contributed by atoms with E-state index in [0.717, 1.165) is 0 Å². The number of nitrogens with one attached hydrogen (secondary N) is 1. The number of ether oxygens (including phenoxy) is 2. The maximum atomic E-state index is 13.0. The van der Waals surface area contributed by atoms with Crippen molar-refractivity contribution < 1.29 is 22.7 Å². The third-order valence-electron chi connectivity index (χ3n) is 4.05. The first kappa shape index (κ1) is 18.6. The number of aromatic nitrogens is 1. The average molecular weight is 357 g/mol. The molecule has 0 aliphatic carbocycles. The van der Waals surface area contributed by atoms with Crippen LogP contribution in [-0.2, 0) is 19.6 Å². The molecule has 0 saturated carbocycles. The maximum Gasteiger partial charge on any atom is 0.245 e. The molecule has 1 atom stereocenters. The van der Waals surface area contributed by atoms with Gasteiger partial charge in [0.05, 0.1) is 19.4 Å². The highest BCUT2D eigenvalue weighted by molar-refractivity contribution is 7.89. The molecule has 9 heteroatoms. The topological polar surface area (TPSA) is 97.8 Å². The third-order valence-corrected chi connectivity index (χ3v) is 6.00. The van der Waals surface area contributed by atoms with Crippen LogP contribution < -0.4 is 10.1 Å². The van der Waals surface area contributed by atoms with E-state index < -0.39 is 15.6 Å². The van der Waals surface area contributed by atoms with Crippen LogP contribution in [0.5, 0.6) is 5.88 Å². The quantitative estimate of drug-likeness (QED) is 0.758. The standard InChI is InChI=1S/C15H23N3O5S/c1-4-23-13-7-6-12(10-17-13)24(20,21)18-9-5-8-15(18,11-22-3)14(19)16-2/h6-7,10H,4-5,8-9,11H2,1-3H3,(H,16,19). The predicted octanol–water partition coefficient (Wildman–Crippen LogP) is 0.396. The van der Waals surface area contributed by atoms with Crippen LogP contribution >= 0.6 is 0 Å². The zero-order valence-corrected chi connectivity index (χ0v) is 14.9. The summed E-state index contributed by atoms with van der Waals surface area (Å²) < 4.78 is 37.7. The summed E-state index contributed by atoms with van der Waals surface area (Å²) in [4.78, 5) is 16.5. The summed E-state index contributed by atoms with van der Waals surface area (Å²) in [6.07, 6.45) is 2.24. The Morgan fingerprint density at radius 1 is 1.46 bits per heavy atom. The molecule has 1 saturated heterocycles. The smallest absolute Gasteiger partial charge is 0.245 e. The van der Waals surface area contributed by atoms with Gasteiger partial charge in [0.15, 0.2) is 0 Å². The van der Waals surface area contributed by atoms with Crippen LogP contribution in [0.3, 0.4) is 0 Å². The summed E-state index contributed by atoms with van der Waals surface area (Å²) in [7, 11) is -0.943. The molecule has 1 N–H and O–H groups in total. The zero-order valence-electron chi connectivity index (χ0n) is 14.1. The van der Waals surface area contributed by atoms with Crippen molar-refractivity contribution in [1.82, 2.24) is 14.6 Å². The van der Waals surface area contributed by atoms with Crippen molar-refractivity contribution in [2.24, 2.45) is 0 Å². The summed E-state index contributed by atoms with van der Waals surface area (Å²) in [6.45, 7) is 2.51. The van der Waals surface area contributed by atoms with Gasteiger partial charge in [-0.3, -0.25) is 4.79 Å². The number of likely N-dealkylation sites (N-methyl/N-ethyl adjacent to an activating group) is 1. The molecule has 1 unspecified atom stereocenters. The largest absolute Gasteiger partial charge is 0.478 e. The number of nitrogens with zero attached hydrogens (tertiary/aromatic N) is 2. The van der Waals surface area contributed by atoms with E-state index in [1.165, 1.54) is 36.8 Å². The average Bonchev–Trinajstić information content (AvgIpc) is 3.01. The molecule has 0 spiro atoms. The fraction of sp³-hybridized carbons (Fsp3) is 0.600. The van der Waals surface area contributed by atoms with Crippen LogP contribution in [0.1, 0.15) is 19.8 Å². The molecule has 24 heavy (non-hydrogen) atoms. The molecule has 1 aromatic rings. The predicted molar refractivity (Wildman–Crippen MR) is 87.2 cm³/mol. The van der Waals surface area contributed by atoms with Crippen LogP contribution in [0.4, 0.5) is 0 Å². The van der Waals surface area contributed by atoms with Gasteiger partial charge in [-0.25, -0.2) is 13.4 Å². The lowest BCUT2D eigenvalue weighted by atomic mass is 9.97. The monoisotopic (exact) mass is 357 g/mol. The maximum absolute atomic E-state index is 13.0. The summed E-state index contributed by atoms with van der Waals surface area (Å²) >= 11 is 0. The molecule has 1 fully saturated rings. The molecule has 1 aromatic heterocycles. The minimum atomic E-state index is -3.88. The minimum absolute atomic E-state index is 0.00361. The molecule has 8 nitrogen and oxygen atoms in total. The molecule has 2 heterocycles. The number of carbonyl (C=O) groups excluding carboxylic acids is 1. The number of rotatable bonds is 7. The Hall–Kier alpha value is -1.71. The normalized spacial score (nSPS) is 21.6. The molecule has 0 aromatic carbocycles. The van der Waals surface area contributed by atoms with Gasteiger partial charge < -0.3 is 14.8 Å². The van der Waals surface area contributed by atoms with E-state index in [2.05, 4.69) is 10.3 Å². The van der Waals surface area contributed by atoms with E-state index >= 15 is 0 Å². The Morgan fingerprint density at radius 2 is 2.21 bits per heavy atom. The van der Waals surface area contributed by atoms with Gasteiger partial charge in [0.25, 0.3) is 0 Å². The lowest BCUT2D eigenvalue weighted by Crippen LogP contribution is -2.59. The van der Waals surface area contributed by atoms with Crippen molar-refractivity contribution in [2.45, 2.75) is 30.2 Å². The molecule has 0 radical (unpaired) electrons. The van der Waals surface area contributed by atoms with Crippen LogP contribution in [0.2, 0.25) is 0 Å². The fourth-order valence-corrected chi connectivity index (χ4v) is 4.73. The second-order valence-corrected chi connectivity index (χ2v) is 7.35. The van der Waals surface area contributed by atoms with Crippen molar-refractivity contribution in [3.63, 3.8) is 0 Å². The SMILES string of the molecule is CCOc1ccc(S(=O)(=O)N2CCCC2(COC)C(=O)NC)cn1. The number of methoxy groups -OCH3 is 1. The van der Waals surface area contributed by atoms with E-state index in [1.54, 1.807) is 0 Å². The summed E-state index contributed by atoms with van der Waals surface area (Å²) in [6, 6.07) is 2.94. The molecule has 0 bridgehead atoms. The van der Waals surface area contributed by atoms with Crippen LogP contribution in [-0.4, -0.2) is 63.1 Å². The first-order valence-corrected chi connectivity index (χ1v) is 9.19. The molecule has 1 aliphatic heterocycles. The minimum Gasteiger partial charge on any atom is -0.478 e. The Kier molecular flexibility index (Phi) is 5.79. The number of amides is 1. The first-order chi connectivity index (χ1) is 11.4. The lowest BCUT2D eigenvalue weighted by molar-refractivity contribution is -0.131. The van der Waals surface area contributed by atoms with E-state index in [1.807, 2.05) is 6.92 Å².